The molecule has 152 valence electrons. The van der Waals surface area contributed by atoms with Crippen LogP contribution in [0.3, 0.4) is 0 Å². The van der Waals surface area contributed by atoms with Crippen LogP contribution in [0.1, 0.15) is 32.0 Å². The third kappa shape index (κ3) is 5.83. The normalized spacial score (nSPS) is 16.8. The molecule has 0 aliphatic carbocycles. The summed E-state index contributed by atoms with van der Waals surface area (Å²) >= 11 is 0. The highest BCUT2D eigenvalue weighted by Gasteiger charge is 2.15. The van der Waals surface area contributed by atoms with E-state index in [0.29, 0.717) is 12.5 Å². The van der Waals surface area contributed by atoms with Gasteiger partial charge in [0.1, 0.15) is 5.82 Å². The maximum atomic E-state index is 4.54. The van der Waals surface area contributed by atoms with Gasteiger partial charge in [0.25, 0.3) is 0 Å². The van der Waals surface area contributed by atoms with Gasteiger partial charge in [-0.2, -0.15) is 0 Å². The minimum absolute atomic E-state index is 0.594. The van der Waals surface area contributed by atoms with Crippen LogP contribution in [0, 0.1) is 5.92 Å². The molecule has 0 saturated carbocycles. The van der Waals surface area contributed by atoms with Crippen LogP contribution in [-0.2, 0) is 6.54 Å². The summed E-state index contributed by atoms with van der Waals surface area (Å²) in [5.41, 5.74) is 2.19. The Morgan fingerprint density at radius 1 is 1.25 bits per heavy atom. The molecule has 1 aromatic carbocycles. The highest BCUT2D eigenvalue weighted by atomic mass is 15.3. The molecule has 3 rings (SSSR count). The molecule has 1 aliphatic heterocycles. The molecule has 1 fully saturated rings. The van der Waals surface area contributed by atoms with Crippen molar-refractivity contribution in [3.8, 4) is 11.3 Å². The van der Waals surface area contributed by atoms with Gasteiger partial charge in [0.15, 0.2) is 5.96 Å². The number of piperidine rings is 1. The first-order valence-electron chi connectivity index (χ1n) is 10.4. The van der Waals surface area contributed by atoms with E-state index >= 15 is 0 Å². The molecule has 28 heavy (non-hydrogen) atoms. The van der Waals surface area contributed by atoms with Crippen LogP contribution in [0.15, 0.2) is 41.5 Å². The maximum Gasteiger partial charge on any atom is 0.193 e. The lowest BCUT2D eigenvalue weighted by Gasteiger charge is -2.30. The SMILES string of the molecule is CN=C(NCC(C)CN1CCCCC1)N(C)Cc1ncc(-c2ccccc2)[nH]1. The molecule has 6 heteroatoms. The second-order valence-corrected chi connectivity index (χ2v) is 7.86. The van der Waals surface area contributed by atoms with E-state index in [2.05, 4.69) is 56.2 Å². The molecule has 1 unspecified atom stereocenters. The number of nitrogens with one attached hydrogen (secondary N) is 2. The summed E-state index contributed by atoms with van der Waals surface area (Å²) in [6.07, 6.45) is 5.98. The van der Waals surface area contributed by atoms with Crippen molar-refractivity contribution in [2.45, 2.75) is 32.7 Å². The van der Waals surface area contributed by atoms with Gasteiger partial charge in [-0.05, 0) is 37.4 Å². The average molecular weight is 383 g/mol. The van der Waals surface area contributed by atoms with Gasteiger partial charge in [0, 0.05) is 27.2 Å². The topological polar surface area (TPSA) is 59.6 Å². The number of imidazole rings is 1. The van der Waals surface area contributed by atoms with Crippen molar-refractivity contribution in [2.75, 3.05) is 40.3 Å². The fourth-order valence-corrected chi connectivity index (χ4v) is 3.80. The fourth-order valence-electron chi connectivity index (χ4n) is 3.80. The smallest absolute Gasteiger partial charge is 0.193 e. The Morgan fingerprint density at radius 3 is 2.71 bits per heavy atom. The first-order chi connectivity index (χ1) is 13.7. The third-order valence-corrected chi connectivity index (χ3v) is 5.30. The molecule has 0 spiro atoms. The Balaban J connectivity index is 1.48. The number of rotatable bonds is 7. The van der Waals surface area contributed by atoms with Gasteiger partial charge in [0.05, 0.1) is 18.4 Å². The summed E-state index contributed by atoms with van der Waals surface area (Å²) in [4.78, 5) is 17.1. The van der Waals surface area contributed by atoms with Gasteiger partial charge in [-0.3, -0.25) is 4.99 Å². The first-order valence-corrected chi connectivity index (χ1v) is 10.4. The van der Waals surface area contributed by atoms with Crippen molar-refractivity contribution in [1.29, 1.82) is 0 Å². The zero-order chi connectivity index (χ0) is 19.8. The molecule has 2 heterocycles. The second-order valence-electron chi connectivity index (χ2n) is 7.86. The highest BCUT2D eigenvalue weighted by Crippen LogP contribution is 2.16. The number of benzene rings is 1. The molecular weight excluding hydrogens is 348 g/mol. The summed E-state index contributed by atoms with van der Waals surface area (Å²) in [5.74, 6) is 2.44. The lowest BCUT2D eigenvalue weighted by molar-refractivity contribution is 0.200. The third-order valence-electron chi connectivity index (χ3n) is 5.30. The first kappa shape index (κ1) is 20.4. The Labute approximate surface area is 169 Å². The fraction of sp³-hybridized carbons (Fsp3) is 0.545. The zero-order valence-electron chi connectivity index (χ0n) is 17.5. The van der Waals surface area contributed by atoms with Crippen LogP contribution in [0.2, 0.25) is 0 Å². The molecule has 1 atom stereocenters. The largest absolute Gasteiger partial charge is 0.356 e. The number of H-pyrrole nitrogens is 1. The number of aromatic amines is 1. The van der Waals surface area contributed by atoms with E-state index in [1.54, 1.807) is 0 Å². The molecule has 6 nitrogen and oxygen atoms in total. The average Bonchev–Trinajstić information content (AvgIpc) is 3.18. The van der Waals surface area contributed by atoms with Crippen LogP contribution >= 0.6 is 0 Å². The quantitative estimate of drug-likeness (QED) is 0.570. The number of aliphatic imine (C=N–C) groups is 1. The second kappa shape index (κ2) is 10.3. The molecular formula is C22H34N6. The van der Waals surface area contributed by atoms with Crippen LogP contribution < -0.4 is 5.32 Å². The van der Waals surface area contributed by atoms with Gasteiger partial charge in [-0.25, -0.2) is 4.98 Å². The van der Waals surface area contributed by atoms with Gasteiger partial charge >= 0.3 is 0 Å². The van der Waals surface area contributed by atoms with Gasteiger partial charge in [0.2, 0.25) is 0 Å². The molecule has 0 radical (unpaired) electrons. The molecule has 1 saturated heterocycles. The Hall–Kier alpha value is -2.34. The van der Waals surface area contributed by atoms with Gasteiger partial charge in [-0.15, -0.1) is 0 Å². The number of aromatic nitrogens is 2. The van der Waals surface area contributed by atoms with Crippen molar-refractivity contribution < 1.29 is 0 Å². The lowest BCUT2D eigenvalue weighted by atomic mass is 10.1. The van der Waals surface area contributed by atoms with E-state index in [1.807, 2.05) is 31.4 Å². The standard InChI is InChI=1S/C22H34N6/c1-18(16-28-12-8-5-9-13-28)14-25-22(23-2)27(3)17-21-24-15-20(26-21)19-10-6-4-7-11-19/h4,6-7,10-11,15,18H,5,8-9,12-14,16-17H2,1-3H3,(H,23,25)(H,24,26). The van der Waals surface area contributed by atoms with E-state index in [4.69, 9.17) is 0 Å². The summed E-state index contributed by atoms with van der Waals surface area (Å²) in [6.45, 7) is 7.59. The molecule has 0 bridgehead atoms. The van der Waals surface area contributed by atoms with Crippen molar-refractivity contribution in [2.24, 2.45) is 10.9 Å². The van der Waals surface area contributed by atoms with Gasteiger partial charge in [-0.1, -0.05) is 43.7 Å². The van der Waals surface area contributed by atoms with Gasteiger partial charge < -0.3 is 20.1 Å². The van der Waals surface area contributed by atoms with E-state index in [-0.39, 0.29) is 0 Å². The Kier molecular flexibility index (Phi) is 7.48. The number of guanidine groups is 1. The molecule has 2 N–H and O–H groups in total. The molecule has 1 aromatic heterocycles. The summed E-state index contributed by atoms with van der Waals surface area (Å²) < 4.78 is 0. The summed E-state index contributed by atoms with van der Waals surface area (Å²) in [7, 11) is 3.89. The summed E-state index contributed by atoms with van der Waals surface area (Å²) in [5, 5.41) is 3.52. The van der Waals surface area contributed by atoms with E-state index in [9.17, 15) is 0 Å². The van der Waals surface area contributed by atoms with Crippen LogP contribution in [-0.4, -0.2) is 66.0 Å². The maximum absolute atomic E-state index is 4.54. The number of hydrogen-bond donors (Lipinski definition) is 2. The lowest BCUT2D eigenvalue weighted by Crippen LogP contribution is -2.43. The monoisotopic (exact) mass is 382 g/mol. The molecule has 1 aliphatic rings. The number of likely N-dealkylation sites (tertiary alicyclic amines) is 1. The molecule has 2 aromatic rings. The van der Waals surface area contributed by atoms with E-state index < -0.39 is 0 Å². The van der Waals surface area contributed by atoms with Crippen LogP contribution in [0.4, 0.5) is 0 Å². The van der Waals surface area contributed by atoms with E-state index in [0.717, 1.165) is 36.1 Å². The highest BCUT2D eigenvalue weighted by molar-refractivity contribution is 5.79. The minimum Gasteiger partial charge on any atom is -0.356 e. The van der Waals surface area contributed by atoms with Crippen molar-refractivity contribution in [1.82, 2.24) is 25.1 Å². The Morgan fingerprint density at radius 2 is 2.00 bits per heavy atom. The van der Waals surface area contributed by atoms with Crippen molar-refractivity contribution in [3.05, 3.63) is 42.4 Å². The predicted octanol–water partition coefficient (Wildman–Crippen LogP) is 3.21. The van der Waals surface area contributed by atoms with Crippen LogP contribution in [0.5, 0.6) is 0 Å². The number of hydrogen-bond acceptors (Lipinski definition) is 3. The van der Waals surface area contributed by atoms with Crippen LogP contribution in [0.25, 0.3) is 11.3 Å². The van der Waals surface area contributed by atoms with Crippen molar-refractivity contribution in [3.63, 3.8) is 0 Å². The predicted molar refractivity (Wildman–Crippen MR) is 116 cm³/mol. The van der Waals surface area contributed by atoms with Crippen molar-refractivity contribution >= 4 is 5.96 Å². The summed E-state index contributed by atoms with van der Waals surface area (Å²) in [6, 6.07) is 10.3. The number of nitrogens with zero attached hydrogens (tertiary/aromatic N) is 4. The molecule has 0 amide bonds. The van der Waals surface area contributed by atoms with E-state index in [1.165, 1.54) is 32.4 Å². The Bertz CT molecular complexity index is 732. The minimum atomic E-state index is 0.594. The zero-order valence-corrected chi connectivity index (χ0v) is 17.5.